The van der Waals surface area contributed by atoms with Crippen LogP contribution in [-0.2, 0) is 9.59 Å². The highest BCUT2D eigenvalue weighted by atomic mass is 16.5. The predicted octanol–water partition coefficient (Wildman–Crippen LogP) is 2.88. The van der Waals surface area contributed by atoms with Gasteiger partial charge in [0, 0.05) is 11.8 Å². The Bertz CT molecular complexity index is 986. The number of nitrogens with zero attached hydrogens (tertiary/aromatic N) is 3. The maximum absolute atomic E-state index is 13.1. The average Bonchev–Trinajstić information content (AvgIpc) is 3.26. The van der Waals surface area contributed by atoms with E-state index in [2.05, 4.69) is 15.3 Å². The van der Waals surface area contributed by atoms with Crippen LogP contribution >= 0.6 is 0 Å². The minimum Gasteiger partial charge on any atom is -0.481 e. The molecule has 1 N–H and O–H groups in total. The second-order valence-corrected chi connectivity index (χ2v) is 6.22. The van der Waals surface area contributed by atoms with Gasteiger partial charge in [0.15, 0.2) is 11.9 Å². The number of hydrogen-bond donors (Lipinski definition) is 1. The van der Waals surface area contributed by atoms with Crippen LogP contribution in [0.25, 0.3) is 11.5 Å². The summed E-state index contributed by atoms with van der Waals surface area (Å²) in [5, 5.41) is 2.72. The second-order valence-electron chi connectivity index (χ2n) is 6.22. The van der Waals surface area contributed by atoms with Crippen LogP contribution < -0.4 is 15.0 Å². The molecule has 0 spiro atoms. The summed E-state index contributed by atoms with van der Waals surface area (Å²) in [6, 6.07) is 10.5. The number of carbonyl (C=O) groups excluding carboxylic acids is 2. The van der Waals surface area contributed by atoms with Crippen molar-refractivity contribution in [1.29, 1.82) is 0 Å². The van der Waals surface area contributed by atoms with Gasteiger partial charge in [-0.3, -0.25) is 14.5 Å². The fourth-order valence-corrected chi connectivity index (χ4v) is 2.99. The first-order valence-electron chi connectivity index (χ1n) is 8.88. The molecular weight excluding hydrogens is 360 g/mol. The van der Waals surface area contributed by atoms with Crippen molar-refractivity contribution in [1.82, 2.24) is 9.97 Å². The fraction of sp³-hybridized carbons (Fsp3) is 0.200. The number of amides is 2. The van der Waals surface area contributed by atoms with Crippen molar-refractivity contribution >= 4 is 23.3 Å². The minimum absolute atomic E-state index is 0.0915. The lowest BCUT2D eigenvalue weighted by Crippen LogP contribution is -2.48. The van der Waals surface area contributed by atoms with Gasteiger partial charge in [0.25, 0.3) is 5.91 Å². The zero-order valence-electron chi connectivity index (χ0n) is 15.2. The number of hydrogen-bond acceptors (Lipinski definition) is 6. The van der Waals surface area contributed by atoms with Crippen LogP contribution in [0.2, 0.25) is 0 Å². The van der Waals surface area contributed by atoms with E-state index in [4.69, 9.17) is 9.15 Å². The number of anilines is 2. The molecule has 1 aliphatic rings. The number of benzene rings is 1. The maximum atomic E-state index is 13.1. The van der Waals surface area contributed by atoms with E-state index < -0.39 is 6.10 Å². The third-order valence-corrected chi connectivity index (χ3v) is 4.34. The van der Waals surface area contributed by atoms with Crippen molar-refractivity contribution in [2.75, 3.05) is 16.8 Å². The Kier molecular flexibility index (Phi) is 4.76. The molecule has 8 nitrogen and oxygen atoms in total. The van der Waals surface area contributed by atoms with E-state index in [1.54, 1.807) is 36.7 Å². The molecule has 2 aromatic heterocycles. The van der Waals surface area contributed by atoms with Gasteiger partial charge in [0.1, 0.15) is 18.6 Å². The highest BCUT2D eigenvalue weighted by Crippen LogP contribution is 2.28. The molecule has 4 rings (SSSR count). The third kappa shape index (κ3) is 3.44. The van der Waals surface area contributed by atoms with Crippen LogP contribution in [0.4, 0.5) is 11.5 Å². The summed E-state index contributed by atoms with van der Waals surface area (Å²) < 4.78 is 11.2. The molecule has 2 amide bonds. The first-order chi connectivity index (χ1) is 13.7. The smallest absolute Gasteiger partial charge is 0.269 e. The van der Waals surface area contributed by atoms with E-state index in [9.17, 15) is 9.59 Å². The molecular formula is C20H18N4O4. The Morgan fingerprint density at radius 2 is 2.07 bits per heavy atom. The zero-order chi connectivity index (χ0) is 19.5. The summed E-state index contributed by atoms with van der Waals surface area (Å²) in [4.78, 5) is 34.7. The number of carbonyl (C=O) groups is 2. The summed E-state index contributed by atoms with van der Waals surface area (Å²) in [6.07, 6.45) is 4.37. The predicted molar refractivity (Wildman–Crippen MR) is 102 cm³/mol. The Morgan fingerprint density at radius 3 is 2.79 bits per heavy atom. The van der Waals surface area contributed by atoms with Crippen LogP contribution in [0.15, 0.2) is 59.5 Å². The molecule has 0 saturated carbocycles. The molecule has 1 aromatic carbocycles. The molecule has 142 valence electrons. The van der Waals surface area contributed by atoms with E-state index in [0.717, 1.165) is 5.56 Å². The summed E-state index contributed by atoms with van der Waals surface area (Å²) in [5.74, 6) is 0.899. The Hall–Kier alpha value is -3.68. The van der Waals surface area contributed by atoms with Gasteiger partial charge in [-0.05, 0) is 42.8 Å². The Morgan fingerprint density at radius 1 is 1.25 bits per heavy atom. The van der Waals surface area contributed by atoms with E-state index in [-0.39, 0.29) is 18.4 Å². The minimum atomic E-state index is -0.742. The maximum Gasteiger partial charge on any atom is 0.269 e. The monoisotopic (exact) mass is 378 g/mol. The van der Waals surface area contributed by atoms with E-state index in [1.807, 2.05) is 19.1 Å². The molecule has 3 aromatic rings. The fourth-order valence-electron chi connectivity index (χ4n) is 2.99. The molecule has 1 aliphatic heterocycles. The summed E-state index contributed by atoms with van der Waals surface area (Å²) in [7, 11) is 0. The van der Waals surface area contributed by atoms with Gasteiger partial charge in [-0.25, -0.2) is 9.97 Å². The van der Waals surface area contributed by atoms with Crippen molar-refractivity contribution in [3.63, 3.8) is 0 Å². The standard InChI is InChI=1S/C20H18N4O4/c1-2-16(28-14-7-5-13(6-8-14)19-22-10-11-27-19)20(26)24-12-17(25)23-15-4-3-9-21-18(15)24/h3-11,16H,2,12H2,1H3,(H,23,25). The first-order valence-corrected chi connectivity index (χ1v) is 8.88. The number of rotatable bonds is 5. The quantitative estimate of drug-likeness (QED) is 0.733. The third-order valence-electron chi connectivity index (χ3n) is 4.34. The van der Waals surface area contributed by atoms with Gasteiger partial charge in [-0.2, -0.15) is 0 Å². The van der Waals surface area contributed by atoms with Crippen molar-refractivity contribution in [3.05, 3.63) is 55.1 Å². The Labute approximate surface area is 161 Å². The highest BCUT2D eigenvalue weighted by Gasteiger charge is 2.33. The van der Waals surface area contributed by atoms with E-state index >= 15 is 0 Å². The molecule has 0 bridgehead atoms. The number of pyridine rings is 1. The molecule has 8 heteroatoms. The normalized spacial score (nSPS) is 14.2. The van der Waals surface area contributed by atoms with Gasteiger partial charge in [-0.1, -0.05) is 6.92 Å². The highest BCUT2D eigenvalue weighted by molar-refractivity contribution is 6.10. The lowest BCUT2D eigenvalue weighted by atomic mass is 10.2. The zero-order valence-corrected chi connectivity index (χ0v) is 15.2. The molecule has 28 heavy (non-hydrogen) atoms. The number of fused-ring (bicyclic) bond motifs is 1. The molecule has 0 saturated heterocycles. The number of nitrogens with one attached hydrogen (secondary N) is 1. The molecule has 0 fully saturated rings. The van der Waals surface area contributed by atoms with Crippen molar-refractivity contribution < 1.29 is 18.7 Å². The molecule has 3 heterocycles. The molecule has 1 unspecified atom stereocenters. The van der Waals surface area contributed by atoms with E-state index in [0.29, 0.717) is 29.6 Å². The van der Waals surface area contributed by atoms with Crippen LogP contribution in [-0.4, -0.2) is 34.4 Å². The van der Waals surface area contributed by atoms with Crippen LogP contribution in [0, 0.1) is 0 Å². The van der Waals surface area contributed by atoms with Crippen LogP contribution in [0.1, 0.15) is 13.3 Å². The first kappa shape index (κ1) is 17.7. The Balaban J connectivity index is 1.53. The topological polar surface area (TPSA) is 97.6 Å². The number of oxazole rings is 1. The summed E-state index contributed by atoms with van der Waals surface area (Å²) >= 11 is 0. The van der Waals surface area contributed by atoms with Gasteiger partial charge >= 0.3 is 0 Å². The van der Waals surface area contributed by atoms with Gasteiger partial charge in [-0.15, -0.1) is 0 Å². The molecule has 0 aliphatic carbocycles. The number of aromatic nitrogens is 2. The van der Waals surface area contributed by atoms with Gasteiger partial charge in [0.05, 0.1) is 11.9 Å². The van der Waals surface area contributed by atoms with Crippen molar-refractivity contribution in [2.45, 2.75) is 19.4 Å². The van der Waals surface area contributed by atoms with E-state index in [1.165, 1.54) is 11.2 Å². The SMILES string of the molecule is CCC(Oc1ccc(-c2ncco2)cc1)C(=O)N1CC(=O)Nc2cccnc21. The van der Waals surface area contributed by atoms with Gasteiger partial charge < -0.3 is 14.5 Å². The number of ether oxygens (including phenoxy) is 1. The molecule has 0 radical (unpaired) electrons. The molecule has 1 atom stereocenters. The lowest BCUT2D eigenvalue weighted by molar-refractivity contribution is -0.127. The second kappa shape index (κ2) is 7.51. The summed E-state index contributed by atoms with van der Waals surface area (Å²) in [5.41, 5.74) is 1.32. The van der Waals surface area contributed by atoms with Crippen molar-refractivity contribution in [2.24, 2.45) is 0 Å². The van der Waals surface area contributed by atoms with Crippen LogP contribution in [0.5, 0.6) is 5.75 Å². The lowest BCUT2D eigenvalue weighted by Gasteiger charge is -2.30. The average molecular weight is 378 g/mol. The summed E-state index contributed by atoms with van der Waals surface area (Å²) in [6.45, 7) is 1.76. The van der Waals surface area contributed by atoms with Crippen LogP contribution in [0.3, 0.4) is 0 Å². The largest absolute Gasteiger partial charge is 0.481 e. The van der Waals surface area contributed by atoms with Crippen molar-refractivity contribution in [3.8, 4) is 17.2 Å². The van der Waals surface area contributed by atoms with Gasteiger partial charge in [0.2, 0.25) is 11.8 Å².